The molecule has 0 radical (unpaired) electrons. The van der Waals surface area contributed by atoms with E-state index in [0.29, 0.717) is 17.3 Å². The van der Waals surface area contributed by atoms with E-state index < -0.39 is 17.8 Å². The molecule has 1 saturated heterocycles. The highest BCUT2D eigenvalue weighted by molar-refractivity contribution is 6.01. The molecule has 2 aliphatic heterocycles. The van der Waals surface area contributed by atoms with Crippen molar-refractivity contribution in [3.05, 3.63) is 65.2 Å². The number of nitrogens with one attached hydrogen (secondary N) is 1. The van der Waals surface area contributed by atoms with E-state index in [4.69, 9.17) is 9.57 Å². The fourth-order valence-electron chi connectivity index (χ4n) is 3.98. The van der Waals surface area contributed by atoms with Gasteiger partial charge < -0.3 is 19.8 Å². The van der Waals surface area contributed by atoms with E-state index in [1.54, 1.807) is 4.90 Å². The number of fused-ring (bicyclic) bond motifs is 2. The van der Waals surface area contributed by atoms with E-state index in [9.17, 15) is 24.0 Å². The molecule has 2 heterocycles. The Morgan fingerprint density at radius 2 is 1.53 bits per heavy atom. The van der Waals surface area contributed by atoms with Crippen LogP contribution in [0.15, 0.2) is 48.5 Å². The molecule has 10 heteroatoms. The van der Waals surface area contributed by atoms with Crippen molar-refractivity contribution in [1.29, 1.82) is 0 Å². The van der Waals surface area contributed by atoms with Crippen LogP contribution >= 0.6 is 0 Å². The summed E-state index contributed by atoms with van der Waals surface area (Å²) in [6.45, 7) is 0.699. The lowest BCUT2D eigenvalue weighted by Crippen LogP contribution is -2.34. The number of benzene rings is 2. The second kappa shape index (κ2) is 12.7. The second-order valence-electron chi connectivity index (χ2n) is 8.66. The number of ether oxygens (including phenoxy) is 1. The maximum absolute atomic E-state index is 13.2. The molecule has 0 saturated carbocycles. The van der Waals surface area contributed by atoms with Crippen LogP contribution < -0.4 is 10.2 Å². The molecule has 0 atom stereocenters. The van der Waals surface area contributed by atoms with E-state index in [1.165, 1.54) is 0 Å². The Bertz CT molecular complexity index is 1290. The zero-order valence-electron chi connectivity index (χ0n) is 20.7. The fourth-order valence-corrected chi connectivity index (χ4v) is 3.98. The molecule has 1 fully saturated rings. The van der Waals surface area contributed by atoms with Gasteiger partial charge >= 0.3 is 5.97 Å². The summed E-state index contributed by atoms with van der Waals surface area (Å²) in [5.74, 6) is 4.00. The summed E-state index contributed by atoms with van der Waals surface area (Å²) in [4.78, 5) is 66.5. The van der Waals surface area contributed by atoms with E-state index in [1.807, 2.05) is 48.5 Å². The summed E-state index contributed by atoms with van der Waals surface area (Å²) < 4.78 is 5.30. The van der Waals surface area contributed by atoms with Crippen LogP contribution in [0.1, 0.15) is 48.8 Å². The van der Waals surface area contributed by atoms with Crippen LogP contribution in [0.5, 0.6) is 0 Å². The first-order valence-corrected chi connectivity index (χ1v) is 12.3. The van der Waals surface area contributed by atoms with Crippen LogP contribution in [0, 0.1) is 11.8 Å². The van der Waals surface area contributed by atoms with Crippen molar-refractivity contribution in [3.63, 3.8) is 0 Å². The first-order chi connectivity index (χ1) is 18.4. The Labute approximate surface area is 219 Å². The molecule has 1 N–H and O–H groups in total. The lowest BCUT2D eigenvalue weighted by Gasteiger charge is -2.26. The number of carbonyl (C=O) groups excluding carboxylic acids is 5. The van der Waals surface area contributed by atoms with Gasteiger partial charge in [0.15, 0.2) is 0 Å². The van der Waals surface area contributed by atoms with Gasteiger partial charge in [0, 0.05) is 43.4 Å². The zero-order chi connectivity index (χ0) is 26.9. The van der Waals surface area contributed by atoms with Crippen LogP contribution in [-0.4, -0.2) is 54.4 Å². The maximum Gasteiger partial charge on any atom is 0.335 e. The number of para-hydroxylation sites is 1. The van der Waals surface area contributed by atoms with Crippen molar-refractivity contribution in [1.82, 2.24) is 10.4 Å². The van der Waals surface area contributed by atoms with E-state index in [-0.39, 0.29) is 63.7 Å². The van der Waals surface area contributed by atoms with Crippen LogP contribution in [-0.2, 0) is 40.1 Å². The lowest BCUT2D eigenvalue weighted by molar-refractivity contribution is -0.198. The average Bonchev–Trinajstić information content (AvgIpc) is 3.22. The molecule has 2 aliphatic rings. The zero-order valence-corrected chi connectivity index (χ0v) is 20.7. The highest BCUT2D eigenvalue weighted by Gasteiger charge is 2.32. The first-order valence-electron chi connectivity index (χ1n) is 12.3. The number of hydrogen-bond donors (Lipinski definition) is 1. The van der Waals surface area contributed by atoms with Gasteiger partial charge in [0.25, 0.3) is 11.8 Å². The predicted octanol–water partition coefficient (Wildman–Crippen LogP) is 1.84. The van der Waals surface area contributed by atoms with Crippen LogP contribution in [0.25, 0.3) is 0 Å². The van der Waals surface area contributed by atoms with Crippen molar-refractivity contribution >= 4 is 35.3 Å². The molecular weight excluding hydrogens is 490 g/mol. The Kier molecular flexibility index (Phi) is 8.85. The first kappa shape index (κ1) is 26.6. The number of hydroxylamine groups is 2. The predicted molar refractivity (Wildman–Crippen MR) is 135 cm³/mol. The van der Waals surface area contributed by atoms with Crippen LogP contribution in [0.4, 0.5) is 5.69 Å². The van der Waals surface area contributed by atoms with Gasteiger partial charge in [-0.05, 0) is 23.8 Å². The van der Waals surface area contributed by atoms with Crippen molar-refractivity contribution in [2.24, 2.45) is 0 Å². The largest absolute Gasteiger partial charge is 0.379 e. The summed E-state index contributed by atoms with van der Waals surface area (Å²) in [7, 11) is 0. The Hall–Kier alpha value is -4.49. The van der Waals surface area contributed by atoms with E-state index in [2.05, 4.69) is 17.2 Å². The molecule has 4 rings (SSSR count). The van der Waals surface area contributed by atoms with E-state index >= 15 is 0 Å². The number of amides is 4. The number of nitrogens with zero attached hydrogens (tertiary/aromatic N) is 2. The molecule has 196 valence electrons. The average molecular weight is 518 g/mol. The summed E-state index contributed by atoms with van der Waals surface area (Å²) in [5, 5.41) is 3.17. The highest BCUT2D eigenvalue weighted by atomic mass is 16.7. The molecule has 2 aromatic rings. The number of imide groups is 1. The molecule has 4 amide bonds. The molecule has 0 bridgehead atoms. The Morgan fingerprint density at radius 1 is 0.842 bits per heavy atom. The third-order valence-electron chi connectivity index (χ3n) is 5.96. The quantitative estimate of drug-likeness (QED) is 0.290. The van der Waals surface area contributed by atoms with Crippen molar-refractivity contribution in [2.75, 3.05) is 24.7 Å². The maximum atomic E-state index is 13.2. The van der Waals surface area contributed by atoms with Crippen LogP contribution in [0.2, 0.25) is 0 Å². The van der Waals surface area contributed by atoms with Gasteiger partial charge in [-0.25, -0.2) is 4.79 Å². The Balaban J connectivity index is 1.18. The number of hydrogen-bond acceptors (Lipinski definition) is 7. The smallest absolute Gasteiger partial charge is 0.335 e. The van der Waals surface area contributed by atoms with E-state index in [0.717, 1.165) is 16.7 Å². The molecule has 2 aromatic carbocycles. The van der Waals surface area contributed by atoms with Gasteiger partial charge in [0.2, 0.25) is 11.8 Å². The minimum absolute atomic E-state index is 0.00213. The summed E-state index contributed by atoms with van der Waals surface area (Å²) in [6, 6.07) is 15.1. The molecule has 0 spiro atoms. The van der Waals surface area contributed by atoms with Crippen molar-refractivity contribution in [2.45, 2.75) is 38.6 Å². The van der Waals surface area contributed by atoms with Gasteiger partial charge in [0.1, 0.15) is 0 Å². The summed E-state index contributed by atoms with van der Waals surface area (Å²) in [6.07, 6.45) is -0.0560. The lowest BCUT2D eigenvalue weighted by atomic mass is 10.0. The third-order valence-corrected chi connectivity index (χ3v) is 5.96. The molecule has 10 nitrogen and oxygen atoms in total. The van der Waals surface area contributed by atoms with Gasteiger partial charge in [-0.15, -0.1) is 5.06 Å². The standard InChI is InChI=1S/C28H27N3O7/c32-24(29-16-18-37-17-15-28(36)38-31-26(34)13-14-27(31)35)11-12-25(33)30-19-22-7-2-1-5-20(22)9-10-21-6-3-4-8-23(21)30/h1-8H,11-19H2,(H,29,32). The highest BCUT2D eigenvalue weighted by Crippen LogP contribution is 2.26. The molecular formula is C28H27N3O7. The van der Waals surface area contributed by atoms with Gasteiger partial charge in [-0.3, -0.25) is 19.2 Å². The van der Waals surface area contributed by atoms with Gasteiger partial charge in [0.05, 0.1) is 31.9 Å². The Morgan fingerprint density at radius 3 is 2.32 bits per heavy atom. The monoisotopic (exact) mass is 517 g/mol. The second-order valence-corrected chi connectivity index (χ2v) is 8.66. The summed E-state index contributed by atoms with van der Waals surface area (Å²) in [5.41, 5.74) is 3.26. The van der Waals surface area contributed by atoms with Gasteiger partial charge in [-0.1, -0.05) is 42.2 Å². The molecule has 0 aromatic heterocycles. The minimum Gasteiger partial charge on any atom is -0.379 e. The number of rotatable bonds is 10. The SMILES string of the molecule is O=C(CCC(=O)N1Cc2ccccc2C#Cc2ccccc21)NCCOCCC(=O)ON1C(=O)CCC1=O. The fraction of sp³-hybridized carbons (Fsp3) is 0.321. The molecule has 38 heavy (non-hydrogen) atoms. The molecule has 0 aliphatic carbocycles. The third kappa shape index (κ3) is 6.83. The normalized spacial score (nSPS) is 14.0. The molecule has 0 unspecified atom stereocenters. The summed E-state index contributed by atoms with van der Waals surface area (Å²) >= 11 is 0. The minimum atomic E-state index is -0.754. The van der Waals surface area contributed by atoms with Crippen LogP contribution in [0.3, 0.4) is 0 Å². The topological polar surface area (TPSA) is 122 Å². The van der Waals surface area contributed by atoms with Crippen molar-refractivity contribution in [3.8, 4) is 11.8 Å². The number of anilines is 1. The van der Waals surface area contributed by atoms with Gasteiger partial charge in [-0.2, -0.15) is 0 Å². The van der Waals surface area contributed by atoms with Crippen molar-refractivity contribution < 1.29 is 33.5 Å². The number of carbonyl (C=O) groups is 5.